The number of hydrogen-bond donors (Lipinski definition) is 2. The fraction of sp³-hybridized carbons (Fsp3) is 0.438. The molecule has 0 amide bonds. The van der Waals surface area contributed by atoms with Gasteiger partial charge in [0.25, 0.3) is 0 Å². The van der Waals surface area contributed by atoms with Crippen LogP contribution >= 0.6 is 11.6 Å². The Bertz CT molecular complexity index is 758. The summed E-state index contributed by atoms with van der Waals surface area (Å²) in [6.45, 7) is -1.52. The minimum absolute atomic E-state index is 0.0788. The molecule has 154 valence electrons. The average molecular weight is 439 g/mol. The SMILES string of the molecule is Nc1nc(NCCOCCOCCOC(F)F)nnc1-c1cccc([ClH+])c1Cl. The maximum atomic E-state index is 11.7. The van der Waals surface area contributed by atoms with Crippen LogP contribution in [0.1, 0.15) is 0 Å². The second-order valence-electron chi connectivity index (χ2n) is 5.27. The van der Waals surface area contributed by atoms with Crippen LogP contribution in [0, 0.1) is 11.6 Å². The number of anilines is 2. The molecule has 8 nitrogen and oxygen atoms in total. The summed E-state index contributed by atoms with van der Waals surface area (Å²) in [5, 5.41) is 11.8. The molecule has 2 aromatic rings. The Morgan fingerprint density at radius 2 is 1.82 bits per heavy atom. The highest BCUT2D eigenvalue weighted by Crippen LogP contribution is 2.32. The lowest BCUT2D eigenvalue weighted by Gasteiger charge is -2.09. The minimum atomic E-state index is -2.78. The van der Waals surface area contributed by atoms with E-state index in [0.29, 0.717) is 41.1 Å². The largest absolute Gasteiger partial charge is 0.382 e. The molecular weight excluding hydrogens is 419 g/mol. The summed E-state index contributed by atoms with van der Waals surface area (Å²) in [7, 11) is 0. The first kappa shape index (κ1) is 22.4. The van der Waals surface area contributed by atoms with Crippen LogP contribution in [0.5, 0.6) is 0 Å². The van der Waals surface area contributed by atoms with Gasteiger partial charge in [-0.25, -0.2) is 0 Å². The molecule has 0 spiro atoms. The number of ether oxygens (including phenoxy) is 3. The van der Waals surface area contributed by atoms with Crippen molar-refractivity contribution in [3.8, 4) is 11.3 Å². The minimum Gasteiger partial charge on any atom is -0.382 e. The summed E-state index contributed by atoms with van der Waals surface area (Å²) in [6, 6.07) is 5.20. The lowest BCUT2D eigenvalue weighted by atomic mass is 10.1. The van der Waals surface area contributed by atoms with Gasteiger partial charge in [0.15, 0.2) is 17.4 Å². The predicted octanol–water partition coefficient (Wildman–Crippen LogP) is 2.15. The highest BCUT2D eigenvalue weighted by Gasteiger charge is 2.16. The molecule has 0 fully saturated rings. The van der Waals surface area contributed by atoms with Crippen LogP contribution in [0.4, 0.5) is 20.5 Å². The number of nitrogen functional groups attached to an aromatic ring is 1. The summed E-state index contributed by atoms with van der Waals surface area (Å²) < 4.78 is 37.9. The number of nitrogens with zero attached hydrogens (tertiary/aromatic N) is 3. The number of aromatic nitrogens is 3. The Hall–Kier alpha value is -1.85. The third-order valence-corrected chi connectivity index (χ3v) is 4.16. The van der Waals surface area contributed by atoms with Crippen LogP contribution in [0.25, 0.3) is 11.3 Å². The van der Waals surface area contributed by atoms with Gasteiger partial charge >= 0.3 is 6.61 Å². The molecule has 0 saturated carbocycles. The topological polar surface area (TPSA) is 104 Å². The average Bonchev–Trinajstić information content (AvgIpc) is 2.66. The zero-order chi connectivity index (χ0) is 20.4. The third kappa shape index (κ3) is 7.28. The Morgan fingerprint density at radius 3 is 2.54 bits per heavy atom. The first-order valence-electron chi connectivity index (χ1n) is 8.24. The van der Waals surface area contributed by atoms with E-state index in [0.717, 1.165) is 0 Å². The molecule has 0 bridgehead atoms. The first-order valence-corrected chi connectivity index (χ1v) is 9.03. The fourth-order valence-corrected chi connectivity index (χ4v) is 2.46. The molecule has 0 aliphatic carbocycles. The van der Waals surface area contributed by atoms with Gasteiger partial charge in [-0.3, -0.25) is 0 Å². The standard InChI is InChI=1S/C16H20Cl2F2N5O3/c17-11-3-1-2-10(12(11)18)13-14(21)23-16(25-24-13)22-4-5-26-6-7-27-8-9-28-15(19)20/h1-3,15,17H,4-9H2,(H3,21,22,23,25)/q+1. The van der Waals surface area contributed by atoms with Crippen LogP contribution in [0.15, 0.2) is 18.2 Å². The number of benzene rings is 1. The zero-order valence-corrected chi connectivity index (χ0v) is 16.3. The number of rotatable bonds is 12. The number of nitrogens with one attached hydrogen (secondary N) is 1. The molecule has 1 heterocycles. The molecule has 0 aliphatic rings. The van der Waals surface area contributed by atoms with E-state index < -0.39 is 6.61 Å². The van der Waals surface area contributed by atoms with Gasteiger partial charge in [-0.05, 0) is 0 Å². The van der Waals surface area contributed by atoms with Crippen molar-refractivity contribution in [2.45, 2.75) is 6.61 Å². The van der Waals surface area contributed by atoms with Crippen molar-refractivity contribution in [3.63, 3.8) is 0 Å². The van der Waals surface area contributed by atoms with E-state index in [2.05, 4.69) is 25.2 Å². The highest BCUT2D eigenvalue weighted by atomic mass is 35.5. The van der Waals surface area contributed by atoms with Gasteiger partial charge in [0.2, 0.25) is 11.0 Å². The monoisotopic (exact) mass is 438 g/mol. The van der Waals surface area contributed by atoms with Crippen LogP contribution in [0.2, 0.25) is 10.0 Å². The maximum absolute atomic E-state index is 11.7. The summed E-state index contributed by atoms with van der Waals surface area (Å²) in [5.41, 5.74) is 6.87. The second kappa shape index (κ2) is 11.9. The summed E-state index contributed by atoms with van der Waals surface area (Å²) in [5.74, 6) is 0.413. The molecule has 0 radical (unpaired) electrons. The van der Waals surface area contributed by atoms with Crippen molar-refractivity contribution in [1.82, 2.24) is 15.2 Å². The normalized spacial score (nSPS) is 11.2. The quantitative estimate of drug-likeness (QED) is 0.485. The summed E-state index contributed by atoms with van der Waals surface area (Å²) >= 11 is 11.3. The lowest BCUT2D eigenvalue weighted by molar-refractivity contribution is -0.288. The van der Waals surface area contributed by atoms with Crippen molar-refractivity contribution in [1.29, 1.82) is 0 Å². The Labute approximate surface area is 170 Å². The molecule has 1 aromatic heterocycles. The van der Waals surface area contributed by atoms with Crippen molar-refractivity contribution < 1.29 is 34.6 Å². The van der Waals surface area contributed by atoms with Gasteiger partial charge in [0.1, 0.15) is 10.7 Å². The Kier molecular flexibility index (Phi) is 9.51. The number of hydrogen-bond acceptors (Lipinski definition) is 8. The van der Waals surface area contributed by atoms with Gasteiger partial charge in [0, 0.05) is 18.2 Å². The number of nitrogens with two attached hydrogens (primary N) is 1. The van der Waals surface area contributed by atoms with Crippen LogP contribution in [0.3, 0.4) is 0 Å². The molecule has 28 heavy (non-hydrogen) atoms. The van der Waals surface area contributed by atoms with Gasteiger partial charge in [-0.15, -0.1) is 10.2 Å². The van der Waals surface area contributed by atoms with E-state index in [1.54, 1.807) is 18.2 Å². The maximum Gasteiger partial charge on any atom is 0.345 e. The Balaban J connectivity index is 1.69. The van der Waals surface area contributed by atoms with Crippen molar-refractivity contribution in [2.75, 3.05) is 50.6 Å². The van der Waals surface area contributed by atoms with Gasteiger partial charge in [-0.1, -0.05) is 23.7 Å². The van der Waals surface area contributed by atoms with Crippen molar-refractivity contribution in [2.24, 2.45) is 0 Å². The number of halogens is 4. The molecule has 0 unspecified atom stereocenters. The molecule has 1 aromatic carbocycles. The lowest BCUT2D eigenvalue weighted by Crippen LogP contribution is -2.16. The second-order valence-corrected chi connectivity index (χ2v) is 6.09. The molecule has 0 saturated heterocycles. The van der Waals surface area contributed by atoms with Crippen molar-refractivity contribution >= 4 is 23.4 Å². The molecule has 3 N–H and O–H groups in total. The number of alkyl halides is 2. The Morgan fingerprint density at radius 1 is 1.11 bits per heavy atom. The fourth-order valence-electron chi connectivity index (χ4n) is 2.05. The highest BCUT2D eigenvalue weighted by molar-refractivity contribution is 6.34. The van der Waals surface area contributed by atoms with Crippen molar-refractivity contribution in [3.05, 3.63) is 28.2 Å². The van der Waals surface area contributed by atoms with E-state index in [4.69, 9.17) is 38.4 Å². The van der Waals surface area contributed by atoms with E-state index in [1.807, 2.05) is 0 Å². The van der Waals surface area contributed by atoms with Gasteiger partial charge < -0.3 is 25.3 Å². The zero-order valence-electron chi connectivity index (χ0n) is 14.7. The van der Waals surface area contributed by atoms with E-state index >= 15 is 0 Å². The predicted molar refractivity (Wildman–Crippen MR) is 97.3 cm³/mol. The third-order valence-electron chi connectivity index (χ3n) is 3.31. The van der Waals surface area contributed by atoms with E-state index in [9.17, 15) is 8.78 Å². The first-order chi connectivity index (χ1) is 13.5. The molecule has 0 aliphatic heterocycles. The molecular formula is C16H20Cl2F2N5O3+. The molecule has 2 rings (SSSR count). The molecule has 12 heteroatoms. The van der Waals surface area contributed by atoms with Gasteiger partial charge in [0.05, 0.1) is 33.0 Å². The van der Waals surface area contributed by atoms with E-state index in [-0.39, 0.29) is 31.6 Å². The summed E-state index contributed by atoms with van der Waals surface area (Å²) in [6.07, 6.45) is 0. The van der Waals surface area contributed by atoms with Crippen LogP contribution in [-0.4, -0.2) is 61.4 Å². The van der Waals surface area contributed by atoms with E-state index in [1.165, 1.54) is 0 Å². The van der Waals surface area contributed by atoms with Gasteiger partial charge in [-0.2, -0.15) is 13.8 Å². The summed E-state index contributed by atoms with van der Waals surface area (Å²) in [4.78, 5) is 4.15. The van der Waals surface area contributed by atoms with Crippen LogP contribution in [-0.2, 0) is 14.2 Å². The smallest absolute Gasteiger partial charge is 0.345 e. The van der Waals surface area contributed by atoms with Crippen LogP contribution < -0.4 is 11.1 Å². The molecule has 0 atom stereocenters.